The number of hydrogen-bond acceptors (Lipinski definition) is 6. The predicted octanol–water partition coefficient (Wildman–Crippen LogP) is 2.06. The molecule has 1 amide bonds. The van der Waals surface area contributed by atoms with Crippen LogP contribution in [0.3, 0.4) is 0 Å². The molecule has 1 aromatic heterocycles. The highest BCUT2D eigenvalue weighted by molar-refractivity contribution is 7.99. The van der Waals surface area contributed by atoms with E-state index in [0.717, 1.165) is 56.7 Å². The Hall–Kier alpha value is -1.64. The predicted molar refractivity (Wildman–Crippen MR) is 95.7 cm³/mol. The van der Waals surface area contributed by atoms with Crippen molar-refractivity contribution in [2.24, 2.45) is 17.3 Å². The zero-order valence-electron chi connectivity index (χ0n) is 14.7. The molecule has 0 unspecified atom stereocenters. The van der Waals surface area contributed by atoms with Crippen LogP contribution in [0.4, 0.5) is 5.95 Å². The van der Waals surface area contributed by atoms with E-state index in [1.807, 2.05) is 11.8 Å². The Morgan fingerprint density at radius 1 is 1.23 bits per heavy atom. The maximum atomic E-state index is 13.5. The molecule has 1 aromatic rings. The standard InChI is InChI=1S/C17H23N5O3S/c23-14(20-1-3-26-4-2-20)16-6-12-5-13(7-16)9-17(8-12,10-16)21-11-18-15(19-21)22(24)25/h11-13H,1-10H2/t12-,13-,16?,17?/m0/s1. The number of carbonyl (C=O) groups excluding carboxylic acids is 1. The van der Waals surface area contributed by atoms with Gasteiger partial charge in [0.25, 0.3) is 0 Å². The van der Waals surface area contributed by atoms with E-state index in [0.29, 0.717) is 17.7 Å². The van der Waals surface area contributed by atoms with E-state index < -0.39 is 4.92 Å². The molecule has 0 aromatic carbocycles. The third-order valence-corrected chi connectivity index (χ3v) is 7.85. The number of nitro groups is 1. The Morgan fingerprint density at radius 3 is 2.54 bits per heavy atom. The summed E-state index contributed by atoms with van der Waals surface area (Å²) < 4.78 is 1.73. The fourth-order valence-corrected chi connectivity index (χ4v) is 7.30. The lowest BCUT2D eigenvalue weighted by Crippen LogP contribution is -2.62. The van der Waals surface area contributed by atoms with Gasteiger partial charge in [-0.3, -0.25) is 4.79 Å². The van der Waals surface area contributed by atoms with Crippen molar-refractivity contribution >= 4 is 23.6 Å². The van der Waals surface area contributed by atoms with Gasteiger partial charge in [-0.1, -0.05) is 4.98 Å². The SMILES string of the molecule is O=C(N1CCSCC1)C12C[C@@H]3C[C@@H](C1)CC(n1cnc([N+](=O)[O-])n1)(C3)C2. The molecule has 26 heavy (non-hydrogen) atoms. The Morgan fingerprint density at radius 2 is 1.92 bits per heavy atom. The highest BCUT2D eigenvalue weighted by Crippen LogP contribution is 2.64. The molecule has 4 bridgehead atoms. The minimum atomic E-state index is -0.538. The maximum absolute atomic E-state index is 13.5. The van der Waals surface area contributed by atoms with Gasteiger partial charge in [-0.15, -0.1) is 0 Å². The molecular formula is C17H23N5O3S. The third kappa shape index (κ3) is 2.39. The molecule has 1 saturated heterocycles. The van der Waals surface area contributed by atoms with Crippen molar-refractivity contribution in [1.29, 1.82) is 0 Å². The molecule has 2 heterocycles. The van der Waals surface area contributed by atoms with Crippen LogP contribution in [-0.4, -0.2) is 55.1 Å². The minimum absolute atomic E-state index is 0.272. The van der Waals surface area contributed by atoms with Gasteiger partial charge < -0.3 is 15.0 Å². The van der Waals surface area contributed by atoms with Crippen LogP contribution in [0, 0.1) is 27.4 Å². The van der Waals surface area contributed by atoms with E-state index in [1.54, 1.807) is 4.68 Å². The number of rotatable bonds is 3. The first-order chi connectivity index (χ1) is 12.5. The highest BCUT2D eigenvalue weighted by Gasteiger charge is 2.63. The molecule has 4 saturated carbocycles. The van der Waals surface area contributed by atoms with E-state index in [4.69, 9.17) is 0 Å². The second kappa shape index (κ2) is 5.68. The third-order valence-electron chi connectivity index (χ3n) is 6.91. The lowest BCUT2D eigenvalue weighted by molar-refractivity contribution is -0.394. The summed E-state index contributed by atoms with van der Waals surface area (Å²) in [7, 11) is 0. The first-order valence-corrected chi connectivity index (χ1v) is 10.6. The second-order valence-electron chi connectivity index (χ2n) is 8.62. The van der Waals surface area contributed by atoms with Gasteiger partial charge in [0.2, 0.25) is 12.2 Å². The van der Waals surface area contributed by atoms with Crippen LogP contribution >= 0.6 is 11.8 Å². The highest BCUT2D eigenvalue weighted by atomic mass is 32.2. The maximum Gasteiger partial charge on any atom is 0.490 e. The first-order valence-electron chi connectivity index (χ1n) is 9.43. The Labute approximate surface area is 155 Å². The number of amides is 1. The van der Waals surface area contributed by atoms with Gasteiger partial charge in [0.15, 0.2) is 0 Å². The fraction of sp³-hybridized carbons (Fsp3) is 0.824. The number of hydrogen-bond donors (Lipinski definition) is 0. The summed E-state index contributed by atoms with van der Waals surface area (Å²) in [4.78, 5) is 29.9. The number of aromatic nitrogens is 3. The number of thioether (sulfide) groups is 1. The van der Waals surface area contributed by atoms with E-state index in [2.05, 4.69) is 15.0 Å². The second-order valence-corrected chi connectivity index (χ2v) is 9.84. The summed E-state index contributed by atoms with van der Waals surface area (Å²) in [5.41, 5.74) is -0.571. The van der Waals surface area contributed by atoms with Gasteiger partial charge in [-0.25, -0.2) is 0 Å². The monoisotopic (exact) mass is 377 g/mol. The first kappa shape index (κ1) is 16.5. The molecule has 8 nitrogen and oxygen atoms in total. The van der Waals surface area contributed by atoms with Crippen molar-refractivity contribution in [3.63, 3.8) is 0 Å². The van der Waals surface area contributed by atoms with Crippen LogP contribution < -0.4 is 0 Å². The van der Waals surface area contributed by atoms with Crippen LogP contribution in [0.15, 0.2) is 6.33 Å². The molecule has 4 aliphatic carbocycles. The van der Waals surface area contributed by atoms with E-state index in [9.17, 15) is 14.9 Å². The largest absolute Gasteiger partial charge is 0.490 e. The van der Waals surface area contributed by atoms with Crippen LogP contribution in [0.5, 0.6) is 0 Å². The summed E-state index contributed by atoms with van der Waals surface area (Å²) >= 11 is 1.91. The molecule has 9 heteroatoms. The molecule has 5 fully saturated rings. The van der Waals surface area contributed by atoms with Gasteiger partial charge in [0, 0.05) is 29.7 Å². The molecular weight excluding hydrogens is 354 g/mol. The van der Waals surface area contributed by atoms with Crippen molar-refractivity contribution in [3.8, 4) is 0 Å². The Kier molecular flexibility index (Phi) is 3.61. The average molecular weight is 377 g/mol. The van der Waals surface area contributed by atoms with Gasteiger partial charge in [0.1, 0.15) is 0 Å². The van der Waals surface area contributed by atoms with Crippen molar-refractivity contribution in [3.05, 3.63) is 16.4 Å². The average Bonchev–Trinajstić information content (AvgIpc) is 3.12. The summed E-state index contributed by atoms with van der Waals surface area (Å²) in [5.74, 6) is 3.06. The quantitative estimate of drug-likeness (QED) is 0.591. The molecule has 1 aliphatic heterocycles. The Balaban J connectivity index is 1.49. The summed E-state index contributed by atoms with van der Waals surface area (Å²) in [5, 5.41) is 15.2. The lowest BCUT2D eigenvalue weighted by atomic mass is 9.46. The van der Waals surface area contributed by atoms with E-state index in [-0.39, 0.29) is 16.9 Å². The van der Waals surface area contributed by atoms with Crippen LogP contribution in [-0.2, 0) is 10.3 Å². The van der Waals surface area contributed by atoms with Crippen molar-refractivity contribution in [1.82, 2.24) is 19.7 Å². The Bertz CT molecular complexity index is 745. The normalized spacial score (nSPS) is 38.5. The van der Waals surface area contributed by atoms with E-state index in [1.165, 1.54) is 12.7 Å². The smallest absolute Gasteiger partial charge is 0.390 e. The lowest BCUT2D eigenvalue weighted by Gasteiger charge is -2.60. The molecule has 2 atom stereocenters. The van der Waals surface area contributed by atoms with Gasteiger partial charge in [0.05, 0.1) is 11.0 Å². The van der Waals surface area contributed by atoms with Crippen LogP contribution in [0.1, 0.15) is 38.5 Å². The van der Waals surface area contributed by atoms with Gasteiger partial charge >= 0.3 is 5.95 Å². The minimum Gasteiger partial charge on any atom is -0.390 e. The number of nitrogens with zero attached hydrogens (tertiary/aromatic N) is 5. The van der Waals surface area contributed by atoms with Crippen molar-refractivity contribution < 1.29 is 9.72 Å². The summed E-state index contributed by atoms with van der Waals surface area (Å²) in [6.45, 7) is 1.70. The topological polar surface area (TPSA) is 94.2 Å². The molecule has 0 N–H and O–H groups in total. The number of carbonyl (C=O) groups is 1. The van der Waals surface area contributed by atoms with Crippen molar-refractivity contribution in [2.45, 2.75) is 44.1 Å². The molecule has 6 rings (SSSR count). The van der Waals surface area contributed by atoms with Gasteiger partial charge in [-0.05, 0) is 55.3 Å². The van der Waals surface area contributed by atoms with Gasteiger partial charge in [-0.2, -0.15) is 16.4 Å². The summed E-state index contributed by atoms with van der Waals surface area (Å²) in [6.07, 6.45) is 7.35. The zero-order chi connectivity index (χ0) is 17.9. The fourth-order valence-electron chi connectivity index (χ4n) is 6.40. The van der Waals surface area contributed by atoms with Crippen molar-refractivity contribution in [2.75, 3.05) is 24.6 Å². The zero-order valence-corrected chi connectivity index (χ0v) is 15.5. The molecule has 0 radical (unpaired) electrons. The molecule has 0 spiro atoms. The van der Waals surface area contributed by atoms with Crippen LogP contribution in [0.2, 0.25) is 0 Å². The van der Waals surface area contributed by atoms with E-state index >= 15 is 0 Å². The molecule has 5 aliphatic rings. The molecule has 140 valence electrons. The van der Waals surface area contributed by atoms with Crippen LogP contribution in [0.25, 0.3) is 0 Å². The summed E-state index contributed by atoms with van der Waals surface area (Å²) in [6, 6.07) is 0.